The maximum atomic E-state index is 11.5. The number of nitrogens with one attached hydrogen (secondary N) is 1. The van der Waals surface area contributed by atoms with E-state index in [1.165, 1.54) is 0 Å². The molecule has 0 aromatic rings. The summed E-state index contributed by atoms with van der Waals surface area (Å²) in [5.74, 6) is -3.34. The molecule has 0 aliphatic heterocycles. The van der Waals surface area contributed by atoms with E-state index in [0.717, 1.165) is 26.3 Å². The Hall–Kier alpha value is -2.36. The molecule has 0 spiro atoms. The summed E-state index contributed by atoms with van der Waals surface area (Å²) >= 11 is 0. The lowest BCUT2D eigenvalue weighted by Crippen LogP contribution is -2.56. The summed E-state index contributed by atoms with van der Waals surface area (Å²) in [6.45, 7) is 7.33. The van der Waals surface area contributed by atoms with Crippen LogP contribution in [-0.2, 0) is 14.4 Å². The van der Waals surface area contributed by atoms with Crippen LogP contribution in [0, 0.1) is 5.92 Å². The summed E-state index contributed by atoms with van der Waals surface area (Å²) in [7, 11) is 0. The smallest absolute Gasteiger partial charge is 0.345 e. The van der Waals surface area contributed by atoms with Crippen molar-refractivity contribution < 1.29 is 24.6 Å². The number of hydrogen-bond donors (Lipinski definition) is 6. The standard InChI is InChI=1S/C10H18N2O5.C5H13N3/c1-5(2)4-6(7(11)13)12-8(14)10(3,17)9(15)16;1-2-3-4-8-5(6)7/h5-6,17H,4H2,1-3H3,(H2,11,13)(H,12,14)(H,15,16);2-4H2,1H3,(H4,6,7,8). The Bertz CT molecular complexity index is 473. The predicted octanol–water partition coefficient (Wildman–Crippen LogP) is -1.10. The first-order valence-corrected chi connectivity index (χ1v) is 7.97. The maximum absolute atomic E-state index is 11.5. The van der Waals surface area contributed by atoms with Gasteiger partial charge >= 0.3 is 5.97 Å². The number of amides is 2. The molecule has 0 aromatic carbocycles. The molecule has 2 amide bonds. The number of unbranched alkanes of at least 4 members (excludes halogenated alkanes) is 1. The highest BCUT2D eigenvalue weighted by Crippen LogP contribution is 2.08. The van der Waals surface area contributed by atoms with E-state index < -0.39 is 29.4 Å². The van der Waals surface area contributed by atoms with E-state index >= 15 is 0 Å². The van der Waals surface area contributed by atoms with Gasteiger partial charge in [-0.05, 0) is 25.7 Å². The molecule has 0 fully saturated rings. The quantitative estimate of drug-likeness (QED) is 0.130. The Kier molecular flexibility index (Phi) is 12.0. The second-order valence-electron chi connectivity index (χ2n) is 6.10. The zero-order valence-corrected chi connectivity index (χ0v) is 15.3. The molecule has 2 atom stereocenters. The van der Waals surface area contributed by atoms with Gasteiger partial charge < -0.3 is 32.7 Å². The lowest BCUT2D eigenvalue weighted by molar-refractivity contribution is -0.164. The van der Waals surface area contributed by atoms with Crippen LogP contribution in [-0.4, -0.2) is 52.1 Å². The van der Waals surface area contributed by atoms with Gasteiger partial charge in [0.1, 0.15) is 6.04 Å². The van der Waals surface area contributed by atoms with Crippen molar-refractivity contribution in [3.05, 3.63) is 0 Å². The first kappa shape index (κ1) is 24.9. The molecule has 0 rings (SSSR count). The average Bonchev–Trinajstić information content (AvgIpc) is 2.46. The summed E-state index contributed by atoms with van der Waals surface area (Å²) < 4.78 is 0. The Balaban J connectivity index is 0. The third-order valence-electron chi connectivity index (χ3n) is 3.02. The van der Waals surface area contributed by atoms with Crippen molar-refractivity contribution in [2.75, 3.05) is 6.54 Å². The highest BCUT2D eigenvalue weighted by Gasteiger charge is 2.40. The maximum Gasteiger partial charge on any atom is 0.345 e. The average molecular weight is 361 g/mol. The Morgan fingerprint density at radius 1 is 1.20 bits per heavy atom. The molecule has 0 heterocycles. The fraction of sp³-hybridized carbons (Fsp3) is 0.733. The Morgan fingerprint density at radius 3 is 2.04 bits per heavy atom. The van der Waals surface area contributed by atoms with Crippen LogP contribution in [0.3, 0.4) is 0 Å². The van der Waals surface area contributed by atoms with Gasteiger partial charge in [-0.15, -0.1) is 0 Å². The fourth-order valence-corrected chi connectivity index (χ4v) is 1.48. The normalized spacial score (nSPS) is 13.7. The van der Waals surface area contributed by atoms with Crippen LogP contribution in [0.15, 0.2) is 4.99 Å². The number of nitrogens with zero attached hydrogens (tertiary/aromatic N) is 1. The summed E-state index contributed by atoms with van der Waals surface area (Å²) in [4.78, 5) is 36.9. The van der Waals surface area contributed by atoms with Crippen LogP contribution >= 0.6 is 0 Å². The number of aliphatic imine (C=N–C) groups is 1. The summed E-state index contributed by atoms with van der Waals surface area (Å²) in [6.07, 6.45) is 2.48. The van der Waals surface area contributed by atoms with E-state index in [2.05, 4.69) is 17.2 Å². The first-order valence-electron chi connectivity index (χ1n) is 7.97. The number of carboxylic acid groups (broad SMARTS) is 1. The molecule has 0 saturated carbocycles. The lowest BCUT2D eigenvalue weighted by Gasteiger charge is -2.22. The highest BCUT2D eigenvalue weighted by molar-refractivity contribution is 6.05. The monoisotopic (exact) mass is 361 g/mol. The summed E-state index contributed by atoms with van der Waals surface area (Å²) in [5.41, 5.74) is 12.6. The number of guanidine groups is 1. The van der Waals surface area contributed by atoms with E-state index in [9.17, 15) is 19.5 Å². The second kappa shape index (κ2) is 12.1. The zero-order chi connectivity index (χ0) is 20.2. The number of carbonyl (C=O) groups is 3. The van der Waals surface area contributed by atoms with Gasteiger partial charge in [-0.2, -0.15) is 0 Å². The van der Waals surface area contributed by atoms with Crippen LogP contribution in [0.25, 0.3) is 0 Å². The van der Waals surface area contributed by atoms with Crippen molar-refractivity contribution in [3.63, 3.8) is 0 Å². The number of carboxylic acids is 1. The Labute approximate surface area is 147 Å². The molecule has 10 nitrogen and oxygen atoms in total. The van der Waals surface area contributed by atoms with Crippen LogP contribution in [0.1, 0.15) is 47.0 Å². The topological polar surface area (TPSA) is 194 Å². The van der Waals surface area contributed by atoms with Gasteiger partial charge in [-0.25, -0.2) is 4.79 Å². The third-order valence-corrected chi connectivity index (χ3v) is 3.02. The van der Waals surface area contributed by atoms with Crippen LogP contribution in [0.4, 0.5) is 0 Å². The molecule has 0 saturated heterocycles. The molecule has 10 heteroatoms. The second-order valence-corrected chi connectivity index (χ2v) is 6.10. The Morgan fingerprint density at radius 2 is 1.72 bits per heavy atom. The van der Waals surface area contributed by atoms with Crippen molar-refractivity contribution >= 4 is 23.7 Å². The third kappa shape index (κ3) is 11.8. The number of aliphatic carboxylic acids is 1. The van der Waals surface area contributed by atoms with Gasteiger partial charge in [0.15, 0.2) is 5.96 Å². The van der Waals surface area contributed by atoms with E-state index in [0.29, 0.717) is 0 Å². The molecule has 0 radical (unpaired) electrons. The highest BCUT2D eigenvalue weighted by atomic mass is 16.4. The lowest BCUT2D eigenvalue weighted by atomic mass is 10.0. The van der Waals surface area contributed by atoms with E-state index in [1.54, 1.807) is 0 Å². The summed E-state index contributed by atoms with van der Waals surface area (Å²) in [6, 6.07) is -0.992. The largest absolute Gasteiger partial charge is 0.479 e. The molecule has 0 aliphatic carbocycles. The minimum atomic E-state index is -2.58. The minimum absolute atomic E-state index is 0.0857. The molecule has 0 aromatic heterocycles. The van der Waals surface area contributed by atoms with Crippen molar-refractivity contribution in [1.29, 1.82) is 0 Å². The molecule has 0 aliphatic rings. The molecule has 0 bridgehead atoms. The van der Waals surface area contributed by atoms with Gasteiger partial charge in [0.25, 0.3) is 5.91 Å². The first-order chi connectivity index (χ1) is 11.4. The van der Waals surface area contributed by atoms with Crippen molar-refractivity contribution in [2.45, 2.75) is 58.6 Å². The van der Waals surface area contributed by atoms with E-state index in [4.69, 9.17) is 22.3 Å². The number of primary amides is 1. The summed E-state index contributed by atoms with van der Waals surface area (Å²) in [5, 5.41) is 20.1. The SMILES string of the molecule is CC(C)CC(NC(=O)C(C)(O)C(=O)O)C(N)=O.CCCCN=C(N)N. The van der Waals surface area contributed by atoms with Gasteiger partial charge in [0.05, 0.1) is 0 Å². The molecular formula is C15H31N5O5. The zero-order valence-electron chi connectivity index (χ0n) is 15.3. The number of rotatable bonds is 9. The molecule has 146 valence electrons. The van der Waals surface area contributed by atoms with Crippen molar-refractivity contribution in [2.24, 2.45) is 28.1 Å². The van der Waals surface area contributed by atoms with Gasteiger partial charge in [-0.1, -0.05) is 27.2 Å². The van der Waals surface area contributed by atoms with Crippen LogP contribution in [0.5, 0.6) is 0 Å². The van der Waals surface area contributed by atoms with Crippen LogP contribution in [0.2, 0.25) is 0 Å². The number of hydrogen-bond acceptors (Lipinski definition) is 5. The van der Waals surface area contributed by atoms with Gasteiger partial charge in [-0.3, -0.25) is 14.6 Å². The molecular weight excluding hydrogens is 330 g/mol. The molecule has 2 unspecified atom stereocenters. The van der Waals surface area contributed by atoms with E-state index in [-0.39, 0.29) is 18.3 Å². The predicted molar refractivity (Wildman–Crippen MR) is 94.4 cm³/mol. The molecule has 9 N–H and O–H groups in total. The number of aliphatic hydroxyl groups is 1. The van der Waals surface area contributed by atoms with Gasteiger partial charge in [0.2, 0.25) is 11.5 Å². The fourth-order valence-electron chi connectivity index (χ4n) is 1.48. The van der Waals surface area contributed by atoms with Crippen LogP contribution < -0.4 is 22.5 Å². The van der Waals surface area contributed by atoms with Gasteiger partial charge in [0, 0.05) is 6.54 Å². The number of nitrogens with two attached hydrogens (primary N) is 3. The van der Waals surface area contributed by atoms with Crippen molar-refractivity contribution in [3.8, 4) is 0 Å². The van der Waals surface area contributed by atoms with Crippen molar-refractivity contribution in [1.82, 2.24) is 5.32 Å². The molecule has 25 heavy (non-hydrogen) atoms. The number of carbonyl (C=O) groups excluding carboxylic acids is 2. The van der Waals surface area contributed by atoms with E-state index in [1.807, 2.05) is 13.8 Å². The minimum Gasteiger partial charge on any atom is -0.479 e.